The van der Waals surface area contributed by atoms with Crippen LogP contribution in [0.1, 0.15) is 20.8 Å². The Morgan fingerprint density at radius 1 is 1.38 bits per heavy atom. The first-order chi connectivity index (χ1) is 11.1. The van der Waals surface area contributed by atoms with E-state index in [1.165, 1.54) is 4.90 Å². The van der Waals surface area contributed by atoms with Crippen molar-refractivity contribution in [2.24, 2.45) is 0 Å². The molecule has 1 atom stereocenters. The van der Waals surface area contributed by atoms with Gasteiger partial charge in [-0.05, 0) is 30.3 Å². The predicted molar refractivity (Wildman–Crippen MR) is 98.1 cm³/mol. The normalized spacial score (nSPS) is 19.5. The summed E-state index contributed by atoms with van der Waals surface area (Å²) < 4.78 is 6.36. The topological polar surface area (TPSA) is 65.9 Å². The quantitative estimate of drug-likeness (QED) is 0.843. The second-order valence-corrected chi connectivity index (χ2v) is 12.6. The lowest BCUT2D eigenvalue weighted by Gasteiger charge is -2.43. The zero-order chi connectivity index (χ0) is 18.0. The van der Waals surface area contributed by atoms with Gasteiger partial charge >= 0.3 is 6.09 Å². The van der Waals surface area contributed by atoms with Crippen LogP contribution in [0.3, 0.4) is 0 Å². The van der Waals surface area contributed by atoms with Gasteiger partial charge in [0.05, 0.1) is 12.6 Å². The van der Waals surface area contributed by atoms with E-state index in [-0.39, 0.29) is 11.1 Å². The maximum absolute atomic E-state index is 11.4. The van der Waals surface area contributed by atoms with Gasteiger partial charge in [0.15, 0.2) is 8.32 Å². The lowest BCUT2D eigenvalue weighted by Crippen LogP contribution is -2.58. The SMILES string of the molecule is CC(C)(C)[Si](C)(C)OC[C@@H]1CN(C(=O)O)CCN1c1ccccn1. The predicted octanol–water partition coefficient (Wildman–Crippen LogP) is 3.27. The average molecular weight is 352 g/mol. The van der Waals surface area contributed by atoms with E-state index in [1.807, 2.05) is 18.2 Å². The third kappa shape index (κ3) is 4.27. The fourth-order valence-corrected chi connectivity index (χ4v) is 3.56. The van der Waals surface area contributed by atoms with E-state index in [2.05, 4.69) is 43.7 Å². The number of carboxylic acid groups (broad SMARTS) is 1. The van der Waals surface area contributed by atoms with Crippen LogP contribution < -0.4 is 4.90 Å². The van der Waals surface area contributed by atoms with E-state index in [4.69, 9.17) is 4.43 Å². The van der Waals surface area contributed by atoms with Crippen molar-refractivity contribution in [1.82, 2.24) is 9.88 Å². The Kier molecular flexibility index (Phi) is 5.55. The van der Waals surface area contributed by atoms with Gasteiger partial charge in [0.25, 0.3) is 0 Å². The fraction of sp³-hybridized carbons (Fsp3) is 0.647. The Balaban J connectivity index is 2.14. The van der Waals surface area contributed by atoms with Crippen molar-refractivity contribution in [3.05, 3.63) is 24.4 Å². The summed E-state index contributed by atoms with van der Waals surface area (Å²) in [6.07, 6.45) is 0.901. The molecule has 0 aromatic carbocycles. The van der Waals surface area contributed by atoms with Gasteiger partial charge in [0.1, 0.15) is 5.82 Å². The van der Waals surface area contributed by atoms with Gasteiger partial charge in [0.2, 0.25) is 0 Å². The Hall–Kier alpha value is -1.60. The minimum absolute atomic E-state index is 0.0149. The van der Waals surface area contributed by atoms with Gasteiger partial charge in [-0.1, -0.05) is 26.8 Å². The first-order valence-electron chi connectivity index (χ1n) is 8.41. The molecule has 1 aliphatic heterocycles. The van der Waals surface area contributed by atoms with Gasteiger partial charge in [-0.25, -0.2) is 9.78 Å². The van der Waals surface area contributed by atoms with E-state index < -0.39 is 14.4 Å². The average Bonchev–Trinajstić information content (AvgIpc) is 2.52. The number of hydrogen-bond acceptors (Lipinski definition) is 4. The molecule has 134 valence electrons. The summed E-state index contributed by atoms with van der Waals surface area (Å²) in [5, 5.41) is 9.46. The molecule has 1 amide bonds. The van der Waals surface area contributed by atoms with E-state index in [9.17, 15) is 9.90 Å². The number of hydrogen-bond donors (Lipinski definition) is 1. The van der Waals surface area contributed by atoms with Crippen LogP contribution in [-0.4, -0.2) is 61.7 Å². The number of nitrogens with zero attached hydrogens (tertiary/aromatic N) is 3. The number of aromatic nitrogens is 1. The van der Waals surface area contributed by atoms with Crippen molar-refractivity contribution in [2.75, 3.05) is 31.1 Å². The number of piperazine rings is 1. The molecule has 0 unspecified atom stereocenters. The number of pyridine rings is 1. The maximum atomic E-state index is 11.4. The second-order valence-electron chi connectivity index (χ2n) is 7.84. The summed E-state index contributed by atoms with van der Waals surface area (Å²) in [4.78, 5) is 19.4. The second kappa shape index (κ2) is 7.10. The summed E-state index contributed by atoms with van der Waals surface area (Å²) in [7, 11) is -1.88. The van der Waals surface area contributed by atoms with Crippen LogP contribution in [0.2, 0.25) is 18.1 Å². The molecule has 1 aliphatic rings. The highest BCUT2D eigenvalue weighted by molar-refractivity contribution is 6.74. The Labute approximate surface area is 145 Å². The molecule has 6 nitrogen and oxygen atoms in total. The van der Waals surface area contributed by atoms with Crippen molar-refractivity contribution < 1.29 is 14.3 Å². The molecule has 1 saturated heterocycles. The summed E-state index contributed by atoms with van der Waals surface area (Å²) >= 11 is 0. The van der Waals surface area contributed by atoms with Crippen molar-refractivity contribution in [1.29, 1.82) is 0 Å². The highest BCUT2D eigenvalue weighted by Gasteiger charge is 2.39. The smallest absolute Gasteiger partial charge is 0.407 e. The van der Waals surface area contributed by atoms with Crippen molar-refractivity contribution in [3.8, 4) is 0 Å². The Morgan fingerprint density at radius 3 is 2.62 bits per heavy atom. The monoisotopic (exact) mass is 351 g/mol. The lowest BCUT2D eigenvalue weighted by molar-refractivity contribution is 0.125. The van der Waals surface area contributed by atoms with E-state index in [1.54, 1.807) is 6.20 Å². The molecule has 0 bridgehead atoms. The third-order valence-electron chi connectivity index (χ3n) is 5.14. The van der Waals surface area contributed by atoms with Gasteiger partial charge in [-0.2, -0.15) is 0 Å². The molecule has 1 fully saturated rings. The molecule has 1 aromatic rings. The first-order valence-corrected chi connectivity index (χ1v) is 11.3. The standard InChI is InChI=1S/C17H29N3O3Si/c1-17(2,3)24(4,5)23-13-14-12-19(16(21)22)10-11-20(14)15-8-6-7-9-18-15/h6-9,14H,10-13H2,1-5H3,(H,21,22)/t14-/m0/s1. The van der Waals surface area contributed by atoms with Crippen molar-refractivity contribution >= 4 is 20.2 Å². The van der Waals surface area contributed by atoms with Crippen LogP contribution in [-0.2, 0) is 4.43 Å². The highest BCUT2D eigenvalue weighted by Crippen LogP contribution is 2.37. The van der Waals surface area contributed by atoms with Gasteiger partial charge in [0, 0.05) is 25.8 Å². The molecule has 1 N–H and O–H groups in total. The van der Waals surface area contributed by atoms with Crippen LogP contribution in [0, 0.1) is 0 Å². The molecule has 0 spiro atoms. The number of anilines is 1. The largest absolute Gasteiger partial charge is 0.465 e. The van der Waals surface area contributed by atoms with Crippen LogP contribution in [0.4, 0.5) is 10.6 Å². The van der Waals surface area contributed by atoms with Crippen molar-refractivity contribution in [2.45, 2.75) is 44.9 Å². The van der Waals surface area contributed by atoms with Crippen LogP contribution >= 0.6 is 0 Å². The molecule has 24 heavy (non-hydrogen) atoms. The molecule has 2 rings (SSSR count). The van der Waals surface area contributed by atoms with Gasteiger partial charge < -0.3 is 19.3 Å². The molecule has 7 heteroatoms. The Bertz CT molecular complexity index is 560. The van der Waals surface area contributed by atoms with Gasteiger partial charge in [-0.3, -0.25) is 0 Å². The zero-order valence-electron chi connectivity index (χ0n) is 15.3. The summed E-state index contributed by atoms with van der Waals surface area (Å²) in [5.41, 5.74) is 0. The molecule has 0 aliphatic carbocycles. The molecule has 2 heterocycles. The molecular formula is C17H29N3O3Si. The van der Waals surface area contributed by atoms with E-state index in [0.717, 1.165) is 5.82 Å². The fourth-order valence-electron chi connectivity index (χ4n) is 2.52. The summed E-state index contributed by atoms with van der Waals surface area (Å²) in [6.45, 7) is 13.2. The molecule has 1 aromatic heterocycles. The molecular weight excluding hydrogens is 322 g/mol. The van der Waals surface area contributed by atoms with E-state index in [0.29, 0.717) is 26.2 Å². The zero-order valence-corrected chi connectivity index (χ0v) is 16.3. The summed E-state index contributed by atoms with van der Waals surface area (Å²) in [5.74, 6) is 0.881. The van der Waals surface area contributed by atoms with E-state index >= 15 is 0 Å². The van der Waals surface area contributed by atoms with Crippen LogP contribution in [0.25, 0.3) is 0 Å². The first kappa shape index (κ1) is 18.7. The number of amides is 1. The highest BCUT2D eigenvalue weighted by atomic mass is 28.4. The van der Waals surface area contributed by atoms with Gasteiger partial charge in [-0.15, -0.1) is 0 Å². The van der Waals surface area contributed by atoms with Crippen LogP contribution in [0.5, 0.6) is 0 Å². The summed E-state index contributed by atoms with van der Waals surface area (Å²) in [6, 6.07) is 5.80. The molecule has 0 saturated carbocycles. The number of rotatable bonds is 4. The maximum Gasteiger partial charge on any atom is 0.407 e. The number of carbonyl (C=O) groups is 1. The third-order valence-corrected chi connectivity index (χ3v) is 9.64. The lowest BCUT2D eigenvalue weighted by atomic mass is 10.2. The van der Waals surface area contributed by atoms with Crippen LogP contribution in [0.15, 0.2) is 24.4 Å². The van der Waals surface area contributed by atoms with Crippen molar-refractivity contribution in [3.63, 3.8) is 0 Å². The minimum atomic E-state index is -1.88. The minimum Gasteiger partial charge on any atom is -0.465 e. The molecule has 0 radical (unpaired) electrons. The Morgan fingerprint density at radius 2 is 2.08 bits per heavy atom.